The van der Waals surface area contributed by atoms with Gasteiger partial charge in [0.25, 0.3) is 5.91 Å². The average molecular weight is 366 g/mol. The summed E-state index contributed by atoms with van der Waals surface area (Å²) in [5.41, 5.74) is 2.79. The number of para-hydroxylation sites is 2. The van der Waals surface area contributed by atoms with Crippen molar-refractivity contribution < 1.29 is 19.1 Å². The van der Waals surface area contributed by atoms with E-state index in [9.17, 15) is 9.59 Å². The van der Waals surface area contributed by atoms with Crippen molar-refractivity contribution in [3.8, 4) is 11.5 Å². The van der Waals surface area contributed by atoms with Crippen molar-refractivity contribution in [2.75, 3.05) is 32.1 Å². The minimum absolute atomic E-state index is 0.0545. The molecule has 0 saturated carbocycles. The lowest BCUT2D eigenvalue weighted by Gasteiger charge is -2.35. The van der Waals surface area contributed by atoms with Gasteiger partial charge in [0, 0.05) is 20.5 Å². The Labute approximate surface area is 158 Å². The monoisotopic (exact) mass is 366 g/mol. The molecule has 0 aliphatic carbocycles. The van der Waals surface area contributed by atoms with E-state index in [1.807, 2.05) is 36.4 Å². The zero-order valence-corrected chi connectivity index (χ0v) is 15.5. The summed E-state index contributed by atoms with van der Waals surface area (Å²) >= 11 is 0. The lowest BCUT2D eigenvalue weighted by Crippen LogP contribution is -2.50. The highest BCUT2D eigenvalue weighted by Crippen LogP contribution is 2.34. The number of benzene rings is 2. The first-order valence-corrected chi connectivity index (χ1v) is 9.05. The second-order valence-electron chi connectivity index (χ2n) is 7.03. The Bertz CT molecular complexity index is 894. The van der Waals surface area contributed by atoms with E-state index in [-0.39, 0.29) is 24.8 Å². The number of fused-ring (bicyclic) bond motifs is 2. The number of hydrogen-bond donors (Lipinski definition) is 0. The number of carbonyl (C=O) groups excluding carboxylic acids is 2. The molecule has 27 heavy (non-hydrogen) atoms. The molecule has 0 N–H and O–H groups in total. The summed E-state index contributed by atoms with van der Waals surface area (Å²) in [6.07, 6.45) is 0.439. The van der Waals surface area contributed by atoms with Crippen LogP contribution in [-0.2, 0) is 22.4 Å². The number of ether oxygens (including phenoxy) is 2. The van der Waals surface area contributed by atoms with Crippen LogP contribution in [0.5, 0.6) is 11.5 Å². The van der Waals surface area contributed by atoms with Crippen LogP contribution in [-0.4, -0.2) is 50.1 Å². The molecule has 2 aliphatic rings. The number of rotatable bonds is 3. The summed E-state index contributed by atoms with van der Waals surface area (Å²) in [4.78, 5) is 28.6. The molecule has 0 bridgehead atoms. The molecule has 0 unspecified atom stereocenters. The van der Waals surface area contributed by atoms with Crippen molar-refractivity contribution in [2.24, 2.45) is 0 Å². The van der Waals surface area contributed by atoms with Gasteiger partial charge >= 0.3 is 0 Å². The second-order valence-corrected chi connectivity index (χ2v) is 7.03. The quantitative estimate of drug-likeness (QED) is 0.834. The average Bonchev–Trinajstić information content (AvgIpc) is 3.14. The highest BCUT2D eigenvalue weighted by molar-refractivity contribution is 5.98. The van der Waals surface area contributed by atoms with Crippen LogP contribution in [0.1, 0.15) is 11.1 Å². The topological polar surface area (TPSA) is 59.1 Å². The fourth-order valence-corrected chi connectivity index (χ4v) is 3.51. The first-order valence-electron chi connectivity index (χ1n) is 9.05. The van der Waals surface area contributed by atoms with E-state index in [2.05, 4.69) is 0 Å². The fraction of sp³-hybridized carbons (Fsp3) is 0.333. The molecule has 2 aromatic rings. The standard InChI is InChI=1S/C21H22N2O4/c1-22(2)21(25)19-13-23(16-5-3-4-6-18(16)27-19)20(24)12-14-7-8-17-15(11-14)9-10-26-17/h3-8,11,19H,9-10,12-13H2,1-2H3/t19-/m0/s1. The van der Waals surface area contributed by atoms with Crippen LogP contribution in [0.4, 0.5) is 5.69 Å². The number of hydrogen-bond acceptors (Lipinski definition) is 4. The number of amides is 2. The minimum atomic E-state index is -0.702. The maximum atomic E-state index is 13.1. The van der Waals surface area contributed by atoms with Crippen LogP contribution in [0.25, 0.3) is 0 Å². The Morgan fingerprint density at radius 1 is 1.15 bits per heavy atom. The fourth-order valence-electron chi connectivity index (χ4n) is 3.51. The normalized spacial score (nSPS) is 17.4. The van der Waals surface area contributed by atoms with Gasteiger partial charge in [-0.3, -0.25) is 9.59 Å². The van der Waals surface area contributed by atoms with Crippen molar-refractivity contribution >= 4 is 17.5 Å². The molecule has 140 valence electrons. The Morgan fingerprint density at radius 2 is 1.96 bits per heavy atom. The van der Waals surface area contributed by atoms with Crippen LogP contribution in [0, 0.1) is 0 Å². The van der Waals surface area contributed by atoms with Gasteiger partial charge in [-0.15, -0.1) is 0 Å². The SMILES string of the molecule is CN(C)C(=O)[C@@H]1CN(C(=O)Cc2ccc3c(c2)CCO3)c2ccccc2O1. The number of carbonyl (C=O) groups is 2. The second kappa shape index (κ2) is 6.95. The summed E-state index contributed by atoms with van der Waals surface area (Å²) in [5, 5.41) is 0. The Balaban J connectivity index is 1.59. The minimum Gasteiger partial charge on any atom is -0.493 e. The van der Waals surface area contributed by atoms with Gasteiger partial charge in [-0.1, -0.05) is 24.3 Å². The summed E-state index contributed by atoms with van der Waals surface area (Å²) in [6, 6.07) is 13.2. The van der Waals surface area contributed by atoms with Crippen LogP contribution in [0.2, 0.25) is 0 Å². The van der Waals surface area contributed by atoms with Crippen LogP contribution in [0.3, 0.4) is 0 Å². The third-order valence-electron chi connectivity index (χ3n) is 4.90. The zero-order chi connectivity index (χ0) is 19.0. The molecule has 4 rings (SSSR count). The molecule has 0 saturated heterocycles. The first-order chi connectivity index (χ1) is 13.0. The van der Waals surface area contributed by atoms with Gasteiger partial charge in [0.15, 0.2) is 6.10 Å². The maximum absolute atomic E-state index is 13.1. The lowest BCUT2D eigenvalue weighted by molar-refractivity contribution is -0.136. The van der Waals surface area contributed by atoms with Crippen molar-refractivity contribution in [1.82, 2.24) is 4.90 Å². The predicted molar refractivity (Wildman–Crippen MR) is 101 cm³/mol. The zero-order valence-electron chi connectivity index (χ0n) is 15.5. The molecule has 0 radical (unpaired) electrons. The molecule has 2 aliphatic heterocycles. The van der Waals surface area contributed by atoms with Crippen LogP contribution >= 0.6 is 0 Å². The largest absolute Gasteiger partial charge is 0.493 e. The molecular formula is C21H22N2O4. The molecule has 0 spiro atoms. The van der Waals surface area contributed by atoms with E-state index < -0.39 is 6.10 Å². The summed E-state index contributed by atoms with van der Waals surface area (Å²) in [7, 11) is 3.37. The van der Waals surface area contributed by atoms with E-state index in [1.165, 1.54) is 4.90 Å². The van der Waals surface area contributed by atoms with Crippen molar-refractivity contribution in [3.63, 3.8) is 0 Å². The van der Waals surface area contributed by atoms with Crippen LogP contribution < -0.4 is 14.4 Å². The van der Waals surface area contributed by atoms with Gasteiger partial charge in [-0.2, -0.15) is 0 Å². The first kappa shape index (κ1) is 17.4. The highest BCUT2D eigenvalue weighted by Gasteiger charge is 2.34. The molecule has 6 heteroatoms. The van der Waals surface area contributed by atoms with Crippen molar-refractivity contribution in [1.29, 1.82) is 0 Å². The van der Waals surface area contributed by atoms with Crippen molar-refractivity contribution in [2.45, 2.75) is 18.9 Å². The number of likely N-dealkylation sites (N-methyl/N-ethyl adjacent to an activating group) is 1. The van der Waals surface area contributed by atoms with E-state index in [4.69, 9.17) is 9.47 Å². The Hall–Kier alpha value is -3.02. The van der Waals surface area contributed by atoms with Crippen LogP contribution in [0.15, 0.2) is 42.5 Å². The molecule has 2 heterocycles. The van der Waals surface area contributed by atoms with Gasteiger partial charge in [0.2, 0.25) is 5.91 Å². The number of anilines is 1. The molecule has 0 aromatic heterocycles. The van der Waals surface area contributed by atoms with E-state index >= 15 is 0 Å². The number of nitrogens with zero attached hydrogens (tertiary/aromatic N) is 2. The van der Waals surface area contributed by atoms with Gasteiger partial charge in [-0.25, -0.2) is 0 Å². The molecule has 0 fully saturated rings. The van der Waals surface area contributed by atoms with Gasteiger partial charge in [0.1, 0.15) is 11.5 Å². The predicted octanol–water partition coefficient (Wildman–Crippen LogP) is 2.05. The summed E-state index contributed by atoms with van der Waals surface area (Å²) in [6.45, 7) is 0.902. The third kappa shape index (κ3) is 3.35. The van der Waals surface area contributed by atoms with Gasteiger partial charge in [0.05, 0.1) is 25.3 Å². The van der Waals surface area contributed by atoms with Crippen molar-refractivity contribution in [3.05, 3.63) is 53.6 Å². The maximum Gasteiger partial charge on any atom is 0.265 e. The molecule has 2 aromatic carbocycles. The molecule has 1 atom stereocenters. The molecular weight excluding hydrogens is 344 g/mol. The summed E-state index contributed by atoms with van der Waals surface area (Å²) < 4.78 is 11.4. The summed E-state index contributed by atoms with van der Waals surface area (Å²) in [5.74, 6) is 1.25. The highest BCUT2D eigenvalue weighted by atomic mass is 16.5. The lowest BCUT2D eigenvalue weighted by atomic mass is 10.0. The molecule has 6 nitrogen and oxygen atoms in total. The van der Waals surface area contributed by atoms with E-state index in [1.54, 1.807) is 25.1 Å². The van der Waals surface area contributed by atoms with E-state index in [0.717, 1.165) is 23.3 Å². The molecule has 2 amide bonds. The van der Waals surface area contributed by atoms with Gasteiger partial charge in [-0.05, 0) is 29.3 Å². The third-order valence-corrected chi connectivity index (χ3v) is 4.90. The Morgan fingerprint density at radius 3 is 2.78 bits per heavy atom. The smallest absolute Gasteiger partial charge is 0.265 e. The van der Waals surface area contributed by atoms with E-state index in [0.29, 0.717) is 18.0 Å². The Kier molecular flexibility index (Phi) is 4.48. The van der Waals surface area contributed by atoms with Gasteiger partial charge < -0.3 is 19.3 Å².